The Morgan fingerprint density at radius 2 is 1.80 bits per heavy atom. The molecule has 4 nitrogen and oxygen atoms in total. The van der Waals surface area contributed by atoms with Crippen LogP contribution in [-0.2, 0) is 0 Å². The molecule has 1 aromatic rings. The van der Waals surface area contributed by atoms with E-state index in [1.807, 2.05) is 0 Å². The summed E-state index contributed by atoms with van der Waals surface area (Å²) >= 11 is 11.8. The number of rotatable bonds is 4. The molecule has 1 aliphatic rings. The lowest BCUT2D eigenvalue weighted by molar-refractivity contribution is 0.0946. The number of amides is 1. The molecule has 20 heavy (non-hydrogen) atoms. The van der Waals surface area contributed by atoms with Crippen molar-refractivity contribution in [1.29, 1.82) is 0 Å². The van der Waals surface area contributed by atoms with E-state index in [1.54, 1.807) is 12.1 Å². The van der Waals surface area contributed by atoms with E-state index in [9.17, 15) is 4.79 Å². The molecule has 1 heterocycles. The highest BCUT2D eigenvalue weighted by Gasteiger charge is 2.13. The van der Waals surface area contributed by atoms with Crippen LogP contribution >= 0.6 is 23.2 Å². The molecule has 1 fully saturated rings. The standard InChI is InChI=1S/C14H19Cl2N3O/c15-11-8-10(9-12(16)13(11)17)14(20)18-4-7-19-5-2-1-3-6-19/h8-9H,1-7,17H2,(H,18,20). The Morgan fingerprint density at radius 1 is 1.20 bits per heavy atom. The Morgan fingerprint density at radius 3 is 2.40 bits per heavy atom. The van der Waals surface area contributed by atoms with Gasteiger partial charge in [0.25, 0.3) is 5.91 Å². The van der Waals surface area contributed by atoms with E-state index in [4.69, 9.17) is 28.9 Å². The van der Waals surface area contributed by atoms with Crippen LogP contribution in [0.3, 0.4) is 0 Å². The van der Waals surface area contributed by atoms with E-state index >= 15 is 0 Å². The molecular formula is C14H19Cl2N3O. The van der Waals surface area contributed by atoms with Gasteiger partial charge in [0.05, 0.1) is 15.7 Å². The molecule has 1 saturated heterocycles. The summed E-state index contributed by atoms with van der Waals surface area (Å²) in [7, 11) is 0. The second-order valence-electron chi connectivity index (χ2n) is 5.01. The molecule has 0 saturated carbocycles. The third-order valence-corrected chi connectivity index (χ3v) is 4.13. The number of likely N-dealkylation sites (tertiary alicyclic amines) is 1. The molecule has 3 N–H and O–H groups in total. The van der Waals surface area contributed by atoms with Crippen LogP contribution in [0, 0.1) is 0 Å². The van der Waals surface area contributed by atoms with Gasteiger partial charge in [-0.3, -0.25) is 4.79 Å². The first-order chi connectivity index (χ1) is 9.58. The summed E-state index contributed by atoms with van der Waals surface area (Å²) in [6.45, 7) is 3.74. The van der Waals surface area contributed by atoms with Crippen LogP contribution in [0.25, 0.3) is 0 Å². The van der Waals surface area contributed by atoms with Crippen molar-refractivity contribution in [3.8, 4) is 0 Å². The van der Waals surface area contributed by atoms with Crippen molar-refractivity contribution < 1.29 is 4.79 Å². The average Bonchev–Trinajstić information content (AvgIpc) is 2.45. The number of carbonyl (C=O) groups is 1. The van der Waals surface area contributed by atoms with Crippen molar-refractivity contribution in [2.45, 2.75) is 19.3 Å². The lowest BCUT2D eigenvalue weighted by Gasteiger charge is -2.26. The Bertz CT molecular complexity index is 464. The highest BCUT2D eigenvalue weighted by molar-refractivity contribution is 6.39. The molecule has 0 aliphatic carbocycles. The molecule has 1 amide bonds. The summed E-state index contributed by atoms with van der Waals surface area (Å²) in [5.74, 6) is -0.175. The van der Waals surface area contributed by atoms with E-state index in [2.05, 4.69) is 10.2 Å². The zero-order valence-electron chi connectivity index (χ0n) is 11.3. The van der Waals surface area contributed by atoms with Crippen LogP contribution in [0.4, 0.5) is 5.69 Å². The number of carbonyl (C=O) groups excluding carboxylic acids is 1. The number of hydrogen-bond acceptors (Lipinski definition) is 3. The van der Waals surface area contributed by atoms with Gasteiger partial charge in [0.1, 0.15) is 0 Å². The summed E-state index contributed by atoms with van der Waals surface area (Å²) < 4.78 is 0. The smallest absolute Gasteiger partial charge is 0.251 e. The van der Waals surface area contributed by atoms with Gasteiger partial charge in [-0.2, -0.15) is 0 Å². The number of piperidine rings is 1. The maximum absolute atomic E-state index is 12.0. The molecular weight excluding hydrogens is 297 g/mol. The minimum Gasteiger partial charge on any atom is -0.396 e. The third kappa shape index (κ3) is 4.01. The van der Waals surface area contributed by atoms with E-state index in [0.717, 1.165) is 19.6 Å². The molecule has 0 radical (unpaired) electrons. The van der Waals surface area contributed by atoms with E-state index in [-0.39, 0.29) is 5.91 Å². The SMILES string of the molecule is Nc1c(Cl)cc(C(=O)NCCN2CCCCC2)cc1Cl. The Hall–Kier alpha value is -0.970. The minimum atomic E-state index is -0.175. The second-order valence-corrected chi connectivity index (χ2v) is 5.83. The van der Waals surface area contributed by atoms with Crippen molar-refractivity contribution in [2.24, 2.45) is 0 Å². The van der Waals surface area contributed by atoms with Gasteiger partial charge in [-0.05, 0) is 38.1 Å². The Kier molecular flexibility index (Phi) is 5.52. The van der Waals surface area contributed by atoms with Crippen LogP contribution in [0.5, 0.6) is 0 Å². The number of nitrogens with one attached hydrogen (secondary N) is 1. The highest BCUT2D eigenvalue weighted by Crippen LogP contribution is 2.28. The summed E-state index contributed by atoms with van der Waals surface area (Å²) in [5.41, 5.74) is 6.39. The van der Waals surface area contributed by atoms with Crippen LogP contribution in [-0.4, -0.2) is 37.0 Å². The molecule has 6 heteroatoms. The number of nitrogens with two attached hydrogens (primary N) is 1. The zero-order valence-corrected chi connectivity index (χ0v) is 12.8. The topological polar surface area (TPSA) is 58.4 Å². The first-order valence-corrected chi connectivity index (χ1v) is 7.58. The van der Waals surface area contributed by atoms with Crippen LogP contribution in [0.1, 0.15) is 29.6 Å². The lowest BCUT2D eigenvalue weighted by Crippen LogP contribution is -2.37. The van der Waals surface area contributed by atoms with Crippen molar-refractivity contribution >= 4 is 34.8 Å². The number of nitrogens with zero attached hydrogens (tertiary/aromatic N) is 1. The van der Waals surface area contributed by atoms with Gasteiger partial charge >= 0.3 is 0 Å². The normalized spacial score (nSPS) is 16.1. The van der Waals surface area contributed by atoms with Gasteiger partial charge in [0.2, 0.25) is 0 Å². The van der Waals surface area contributed by atoms with E-state index in [1.165, 1.54) is 19.3 Å². The van der Waals surface area contributed by atoms with Gasteiger partial charge in [-0.15, -0.1) is 0 Å². The molecule has 0 spiro atoms. The molecule has 110 valence electrons. The Labute approximate surface area is 129 Å². The molecule has 2 rings (SSSR count). The first kappa shape index (κ1) is 15.4. The van der Waals surface area contributed by atoms with Crippen LogP contribution in [0.15, 0.2) is 12.1 Å². The van der Waals surface area contributed by atoms with Gasteiger partial charge in [0.15, 0.2) is 0 Å². The van der Waals surface area contributed by atoms with Gasteiger partial charge in [-0.1, -0.05) is 29.6 Å². The fourth-order valence-electron chi connectivity index (χ4n) is 2.33. The maximum Gasteiger partial charge on any atom is 0.251 e. The van der Waals surface area contributed by atoms with Gasteiger partial charge < -0.3 is 16.0 Å². The van der Waals surface area contributed by atoms with E-state index in [0.29, 0.717) is 27.8 Å². The minimum absolute atomic E-state index is 0.175. The summed E-state index contributed by atoms with van der Waals surface area (Å²) in [5, 5.41) is 3.49. The summed E-state index contributed by atoms with van der Waals surface area (Å²) in [4.78, 5) is 14.4. The van der Waals surface area contributed by atoms with Crippen LogP contribution < -0.4 is 11.1 Å². The monoisotopic (exact) mass is 315 g/mol. The predicted molar refractivity (Wildman–Crippen MR) is 83.5 cm³/mol. The average molecular weight is 316 g/mol. The second kappa shape index (κ2) is 7.16. The fraction of sp³-hybridized carbons (Fsp3) is 0.500. The summed E-state index contributed by atoms with van der Waals surface area (Å²) in [6, 6.07) is 3.08. The van der Waals surface area contributed by atoms with Crippen molar-refractivity contribution in [2.75, 3.05) is 31.9 Å². The van der Waals surface area contributed by atoms with Crippen LogP contribution in [0.2, 0.25) is 10.0 Å². The van der Waals surface area contributed by atoms with Gasteiger partial charge in [-0.25, -0.2) is 0 Å². The lowest BCUT2D eigenvalue weighted by atomic mass is 10.1. The quantitative estimate of drug-likeness (QED) is 0.840. The predicted octanol–water partition coefficient (Wildman–Crippen LogP) is 2.79. The van der Waals surface area contributed by atoms with Crippen molar-refractivity contribution in [1.82, 2.24) is 10.2 Å². The number of anilines is 1. The largest absolute Gasteiger partial charge is 0.396 e. The number of hydrogen-bond donors (Lipinski definition) is 2. The number of benzene rings is 1. The molecule has 0 bridgehead atoms. The number of halogens is 2. The first-order valence-electron chi connectivity index (χ1n) is 6.83. The van der Waals surface area contributed by atoms with Gasteiger partial charge in [0, 0.05) is 18.7 Å². The molecule has 0 atom stereocenters. The van der Waals surface area contributed by atoms with E-state index < -0.39 is 0 Å². The molecule has 1 aliphatic heterocycles. The third-order valence-electron chi connectivity index (χ3n) is 3.50. The van der Waals surface area contributed by atoms with Crippen molar-refractivity contribution in [3.05, 3.63) is 27.7 Å². The summed E-state index contributed by atoms with van der Waals surface area (Å²) in [6.07, 6.45) is 3.81. The molecule has 1 aromatic carbocycles. The molecule has 0 unspecified atom stereocenters. The maximum atomic E-state index is 12.0. The van der Waals surface area contributed by atoms with Crippen molar-refractivity contribution in [3.63, 3.8) is 0 Å². The number of nitrogen functional groups attached to an aromatic ring is 1. The highest BCUT2D eigenvalue weighted by atomic mass is 35.5. The Balaban J connectivity index is 1.85. The zero-order chi connectivity index (χ0) is 14.5. The fourth-order valence-corrected chi connectivity index (χ4v) is 2.82. The molecule has 0 aromatic heterocycles.